The Morgan fingerprint density at radius 2 is 2.17 bits per heavy atom. The van der Waals surface area contributed by atoms with Crippen molar-refractivity contribution >= 4 is 6.09 Å². The van der Waals surface area contributed by atoms with Crippen LogP contribution in [-0.2, 0) is 16.1 Å². The quantitative estimate of drug-likeness (QED) is 0.821. The normalized spacial score (nSPS) is 18.9. The lowest BCUT2D eigenvalue weighted by Gasteiger charge is -2.16. The number of benzene rings is 1. The number of rotatable bonds is 4. The molecule has 1 aromatic carbocycles. The van der Waals surface area contributed by atoms with Gasteiger partial charge < -0.3 is 14.4 Å². The molecule has 1 aromatic rings. The molecule has 1 atom stereocenters. The monoisotopic (exact) mass is 249 g/mol. The van der Waals surface area contributed by atoms with Crippen LogP contribution in [0.25, 0.3) is 0 Å². The van der Waals surface area contributed by atoms with Crippen molar-refractivity contribution in [1.29, 1.82) is 0 Å². The Morgan fingerprint density at radius 3 is 2.89 bits per heavy atom. The largest absolute Gasteiger partial charge is 0.445 e. The third-order valence-electron chi connectivity index (χ3n) is 3.15. The standard InChI is InChI=1S/C14H19NO3/c1-17-10-13-7-8-15(9-13)14(16)18-11-12-5-3-2-4-6-12/h2-6,13H,7-11H2,1H3/t13-/m1/s1. The van der Waals surface area contributed by atoms with Gasteiger partial charge in [0.15, 0.2) is 0 Å². The number of hydrogen-bond acceptors (Lipinski definition) is 3. The van der Waals surface area contributed by atoms with Crippen LogP contribution in [0.4, 0.5) is 4.79 Å². The third-order valence-corrected chi connectivity index (χ3v) is 3.15. The van der Waals surface area contributed by atoms with E-state index in [1.807, 2.05) is 30.3 Å². The van der Waals surface area contributed by atoms with Crippen molar-refractivity contribution in [2.24, 2.45) is 5.92 Å². The van der Waals surface area contributed by atoms with Crippen LogP contribution < -0.4 is 0 Å². The van der Waals surface area contributed by atoms with Gasteiger partial charge in [0.05, 0.1) is 6.61 Å². The summed E-state index contributed by atoms with van der Waals surface area (Å²) in [6.07, 6.45) is 0.770. The van der Waals surface area contributed by atoms with Crippen LogP contribution in [0, 0.1) is 5.92 Å². The van der Waals surface area contributed by atoms with Crippen molar-refractivity contribution in [2.75, 3.05) is 26.8 Å². The van der Waals surface area contributed by atoms with Crippen LogP contribution in [0.5, 0.6) is 0 Å². The van der Waals surface area contributed by atoms with E-state index in [-0.39, 0.29) is 6.09 Å². The minimum atomic E-state index is -0.225. The van der Waals surface area contributed by atoms with Gasteiger partial charge in [0.2, 0.25) is 0 Å². The van der Waals surface area contributed by atoms with Gasteiger partial charge >= 0.3 is 6.09 Å². The first-order valence-electron chi connectivity index (χ1n) is 6.24. The van der Waals surface area contributed by atoms with Crippen molar-refractivity contribution in [1.82, 2.24) is 4.90 Å². The molecule has 98 valence electrons. The van der Waals surface area contributed by atoms with E-state index in [2.05, 4.69) is 0 Å². The van der Waals surface area contributed by atoms with Gasteiger partial charge in [-0.05, 0) is 12.0 Å². The Labute approximate surface area is 107 Å². The molecule has 0 saturated carbocycles. The number of likely N-dealkylation sites (tertiary alicyclic amines) is 1. The second-order valence-electron chi connectivity index (χ2n) is 4.60. The summed E-state index contributed by atoms with van der Waals surface area (Å²) in [6, 6.07) is 9.72. The van der Waals surface area contributed by atoms with Crippen LogP contribution in [0.1, 0.15) is 12.0 Å². The second-order valence-corrected chi connectivity index (χ2v) is 4.60. The zero-order chi connectivity index (χ0) is 12.8. The van der Waals surface area contributed by atoms with Crippen molar-refractivity contribution in [3.63, 3.8) is 0 Å². The fourth-order valence-corrected chi connectivity index (χ4v) is 2.18. The Kier molecular flexibility index (Phi) is 4.59. The molecule has 1 heterocycles. The number of carbonyl (C=O) groups is 1. The molecule has 0 aliphatic carbocycles. The highest BCUT2D eigenvalue weighted by Gasteiger charge is 2.26. The first kappa shape index (κ1) is 12.9. The summed E-state index contributed by atoms with van der Waals surface area (Å²) in [7, 11) is 1.69. The lowest BCUT2D eigenvalue weighted by Crippen LogP contribution is -2.29. The van der Waals surface area contributed by atoms with E-state index >= 15 is 0 Å². The van der Waals surface area contributed by atoms with Gasteiger partial charge in [-0.25, -0.2) is 4.79 Å². The van der Waals surface area contributed by atoms with E-state index in [4.69, 9.17) is 9.47 Å². The van der Waals surface area contributed by atoms with Gasteiger partial charge in [-0.1, -0.05) is 30.3 Å². The Bertz CT molecular complexity index is 380. The average Bonchev–Trinajstić information content (AvgIpc) is 2.86. The summed E-state index contributed by atoms with van der Waals surface area (Å²) in [5, 5.41) is 0. The minimum Gasteiger partial charge on any atom is -0.445 e. The van der Waals surface area contributed by atoms with Crippen LogP contribution in [0.15, 0.2) is 30.3 Å². The topological polar surface area (TPSA) is 38.8 Å². The summed E-state index contributed by atoms with van der Waals surface area (Å²) in [5.41, 5.74) is 1.01. The maximum atomic E-state index is 11.8. The summed E-state index contributed by atoms with van der Waals surface area (Å²) in [5.74, 6) is 0.444. The van der Waals surface area contributed by atoms with Gasteiger partial charge in [0, 0.05) is 26.1 Å². The third kappa shape index (κ3) is 3.47. The van der Waals surface area contributed by atoms with Gasteiger partial charge in [-0.15, -0.1) is 0 Å². The molecule has 0 bridgehead atoms. The highest BCUT2D eigenvalue weighted by molar-refractivity contribution is 5.68. The molecule has 2 rings (SSSR count). The zero-order valence-electron chi connectivity index (χ0n) is 10.7. The second kappa shape index (κ2) is 6.40. The fourth-order valence-electron chi connectivity index (χ4n) is 2.18. The molecular weight excluding hydrogens is 230 g/mol. The summed E-state index contributed by atoms with van der Waals surface area (Å²) >= 11 is 0. The van der Waals surface area contributed by atoms with Crippen LogP contribution in [0.2, 0.25) is 0 Å². The number of ether oxygens (including phenoxy) is 2. The van der Waals surface area contributed by atoms with E-state index in [9.17, 15) is 4.79 Å². The molecule has 0 aromatic heterocycles. The smallest absolute Gasteiger partial charge is 0.410 e. The molecule has 1 amide bonds. The Balaban J connectivity index is 1.76. The van der Waals surface area contributed by atoms with Crippen LogP contribution in [-0.4, -0.2) is 37.8 Å². The van der Waals surface area contributed by atoms with Gasteiger partial charge in [0.25, 0.3) is 0 Å². The van der Waals surface area contributed by atoms with Crippen molar-refractivity contribution in [3.8, 4) is 0 Å². The minimum absolute atomic E-state index is 0.225. The number of hydrogen-bond donors (Lipinski definition) is 0. The van der Waals surface area contributed by atoms with E-state index in [0.717, 1.165) is 25.1 Å². The van der Waals surface area contributed by atoms with E-state index in [1.54, 1.807) is 12.0 Å². The molecule has 0 N–H and O–H groups in total. The maximum Gasteiger partial charge on any atom is 0.410 e. The molecule has 0 radical (unpaired) electrons. The van der Waals surface area contributed by atoms with Crippen LogP contribution >= 0.6 is 0 Å². The van der Waals surface area contributed by atoms with Crippen molar-refractivity contribution in [2.45, 2.75) is 13.0 Å². The predicted molar refractivity (Wildman–Crippen MR) is 68.2 cm³/mol. The van der Waals surface area contributed by atoms with E-state index in [0.29, 0.717) is 19.1 Å². The van der Waals surface area contributed by atoms with Gasteiger partial charge in [-0.2, -0.15) is 0 Å². The molecule has 1 aliphatic heterocycles. The molecule has 4 nitrogen and oxygen atoms in total. The summed E-state index contributed by atoms with van der Waals surface area (Å²) < 4.78 is 10.4. The number of methoxy groups -OCH3 is 1. The first-order valence-corrected chi connectivity index (χ1v) is 6.24. The highest BCUT2D eigenvalue weighted by Crippen LogP contribution is 2.17. The van der Waals surface area contributed by atoms with Crippen LogP contribution in [0.3, 0.4) is 0 Å². The fraction of sp³-hybridized carbons (Fsp3) is 0.500. The SMILES string of the molecule is COC[C@@H]1CCN(C(=O)OCc2ccccc2)C1. The molecule has 1 aliphatic rings. The summed E-state index contributed by atoms with van der Waals surface area (Å²) in [4.78, 5) is 13.6. The van der Waals surface area contributed by atoms with Gasteiger partial charge in [0.1, 0.15) is 6.61 Å². The molecule has 18 heavy (non-hydrogen) atoms. The molecular formula is C14H19NO3. The average molecular weight is 249 g/mol. The molecule has 4 heteroatoms. The maximum absolute atomic E-state index is 11.8. The first-order chi connectivity index (χ1) is 8.79. The Hall–Kier alpha value is -1.55. The predicted octanol–water partition coefficient (Wildman–Crippen LogP) is 2.29. The number of amides is 1. The Morgan fingerprint density at radius 1 is 1.39 bits per heavy atom. The van der Waals surface area contributed by atoms with Crippen molar-refractivity contribution in [3.05, 3.63) is 35.9 Å². The molecule has 1 saturated heterocycles. The highest BCUT2D eigenvalue weighted by atomic mass is 16.6. The van der Waals surface area contributed by atoms with E-state index < -0.39 is 0 Å². The lowest BCUT2D eigenvalue weighted by molar-refractivity contribution is 0.0993. The summed E-state index contributed by atoms with van der Waals surface area (Å²) in [6.45, 7) is 2.55. The molecule has 1 fully saturated rings. The van der Waals surface area contributed by atoms with Crippen molar-refractivity contribution < 1.29 is 14.3 Å². The molecule has 0 spiro atoms. The van der Waals surface area contributed by atoms with E-state index in [1.165, 1.54) is 0 Å². The number of carbonyl (C=O) groups excluding carboxylic acids is 1. The lowest BCUT2D eigenvalue weighted by atomic mass is 10.1. The molecule has 0 unspecified atom stereocenters. The van der Waals surface area contributed by atoms with Gasteiger partial charge in [-0.3, -0.25) is 0 Å². The number of nitrogens with zero attached hydrogens (tertiary/aromatic N) is 1. The zero-order valence-corrected chi connectivity index (χ0v) is 10.7.